The van der Waals surface area contributed by atoms with Gasteiger partial charge in [-0.1, -0.05) is 25.1 Å². The second kappa shape index (κ2) is 4.62. The second-order valence-corrected chi connectivity index (χ2v) is 4.52. The van der Waals surface area contributed by atoms with Crippen molar-refractivity contribution in [1.82, 2.24) is 4.90 Å². The molecule has 1 fully saturated rings. The molecule has 2 rings (SSSR count). The van der Waals surface area contributed by atoms with Crippen LogP contribution in [0.3, 0.4) is 0 Å². The minimum Gasteiger partial charge on any atom is -0.349 e. The number of para-hydroxylation sites is 1. The van der Waals surface area contributed by atoms with Crippen LogP contribution in [0.2, 0.25) is 0 Å². The summed E-state index contributed by atoms with van der Waals surface area (Å²) >= 11 is 5.36. The van der Waals surface area contributed by atoms with Crippen molar-refractivity contribution in [2.24, 2.45) is 5.92 Å². The molecule has 1 unspecified atom stereocenters. The molecule has 1 saturated heterocycles. The van der Waals surface area contributed by atoms with E-state index >= 15 is 0 Å². The molecule has 0 spiro atoms. The lowest BCUT2D eigenvalue weighted by Gasteiger charge is -2.20. The maximum Gasteiger partial charge on any atom is 0.173 e. The second-order valence-electron chi connectivity index (χ2n) is 4.14. The zero-order valence-electron chi connectivity index (χ0n) is 8.94. The van der Waals surface area contributed by atoms with Crippen LogP contribution in [-0.4, -0.2) is 23.1 Å². The number of hydrogen-bond donors (Lipinski definition) is 1. The molecule has 0 saturated carbocycles. The van der Waals surface area contributed by atoms with Crippen molar-refractivity contribution in [2.75, 3.05) is 18.4 Å². The summed E-state index contributed by atoms with van der Waals surface area (Å²) in [5, 5.41) is 4.11. The lowest BCUT2D eigenvalue weighted by atomic mass is 10.2. The maximum absolute atomic E-state index is 5.36. The number of hydrogen-bond acceptors (Lipinski definition) is 1. The molecule has 1 aliphatic rings. The van der Waals surface area contributed by atoms with E-state index in [9.17, 15) is 0 Å². The van der Waals surface area contributed by atoms with Crippen LogP contribution >= 0.6 is 12.2 Å². The SMILES string of the molecule is CC1CCN(C(=S)Nc2ccccc2)C1. The summed E-state index contributed by atoms with van der Waals surface area (Å²) in [6.07, 6.45) is 1.25. The monoisotopic (exact) mass is 220 g/mol. The molecule has 0 amide bonds. The van der Waals surface area contributed by atoms with Gasteiger partial charge in [-0.3, -0.25) is 0 Å². The number of likely N-dealkylation sites (tertiary alicyclic amines) is 1. The molecule has 0 radical (unpaired) electrons. The molecule has 0 aliphatic carbocycles. The van der Waals surface area contributed by atoms with Crippen LogP contribution in [0.25, 0.3) is 0 Å². The number of rotatable bonds is 1. The van der Waals surface area contributed by atoms with Crippen LogP contribution in [0.4, 0.5) is 5.69 Å². The predicted molar refractivity (Wildman–Crippen MR) is 68.0 cm³/mol. The number of nitrogens with one attached hydrogen (secondary N) is 1. The highest BCUT2D eigenvalue weighted by Gasteiger charge is 2.20. The summed E-state index contributed by atoms with van der Waals surface area (Å²) in [6.45, 7) is 4.43. The van der Waals surface area contributed by atoms with E-state index in [0.29, 0.717) is 0 Å². The van der Waals surface area contributed by atoms with E-state index in [4.69, 9.17) is 12.2 Å². The molecule has 1 aromatic carbocycles. The third kappa shape index (κ3) is 2.69. The lowest BCUT2D eigenvalue weighted by molar-refractivity contribution is 0.501. The van der Waals surface area contributed by atoms with Crippen LogP contribution in [-0.2, 0) is 0 Å². The van der Waals surface area contributed by atoms with Crippen LogP contribution in [0, 0.1) is 5.92 Å². The van der Waals surface area contributed by atoms with Gasteiger partial charge in [0.15, 0.2) is 5.11 Å². The molecular formula is C12H16N2S. The molecule has 0 bridgehead atoms. The number of anilines is 1. The van der Waals surface area contributed by atoms with Gasteiger partial charge >= 0.3 is 0 Å². The number of nitrogens with zero attached hydrogens (tertiary/aromatic N) is 1. The molecular weight excluding hydrogens is 204 g/mol. The van der Waals surface area contributed by atoms with E-state index in [1.165, 1.54) is 6.42 Å². The Labute approximate surface area is 96.3 Å². The fourth-order valence-corrected chi connectivity index (χ4v) is 2.13. The standard InChI is InChI=1S/C12H16N2S/c1-10-7-8-14(9-10)12(15)13-11-5-3-2-4-6-11/h2-6,10H,7-9H2,1H3,(H,13,15). The van der Waals surface area contributed by atoms with E-state index in [1.54, 1.807) is 0 Å². The van der Waals surface area contributed by atoms with Crippen molar-refractivity contribution in [3.63, 3.8) is 0 Å². The first-order valence-electron chi connectivity index (χ1n) is 5.36. The quantitative estimate of drug-likeness (QED) is 0.733. The highest BCUT2D eigenvalue weighted by molar-refractivity contribution is 7.80. The normalized spacial score (nSPS) is 20.3. The summed E-state index contributed by atoms with van der Waals surface area (Å²) in [5.41, 5.74) is 1.07. The summed E-state index contributed by atoms with van der Waals surface area (Å²) in [6, 6.07) is 10.1. The van der Waals surface area contributed by atoms with Crippen LogP contribution in [0.15, 0.2) is 30.3 Å². The first-order valence-corrected chi connectivity index (χ1v) is 5.77. The largest absolute Gasteiger partial charge is 0.349 e. The molecule has 1 heterocycles. The first-order chi connectivity index (χ1) is 7.25. The first kappa shape index (κ1) is 10.4. The van der Waals surface area contributed by atoms with E-state index in [1.807, 2.05) is 30.3 Å². The van der Waals surface area contributed by atoms with Crippen LogP contribution < -0.4 is 5.32 Å². The number of benzene rings is 1. The number of thiocarbonyl (C=S) groups is 1. The van der Waals surface area contributed by atoms with Crippen molar-refractivity contribution in [2.45, 2.75) is 13.3 Å². The van der Waals surface area contributed by atoms with E-state index in [0.717, 1.165) is 29.8 Å². The summed E-state index contributed by atoms with van der Waals surface area (Å²) in [7, 11) is 0. The minimum absolute atomic E-state index is 0.764. The van der Waals surface area contributed by atoms with Crippen molar-refractivity contribution < 1.29 is 0 Å². The average Bonchev–Trinajstić information content (AvgIpc) is 2.66. The smallest absolute Gasteiger partial charge is 0.173 e. The zero-order valence-corrected chi connectivity index (χ0v) is 9.76. The Kier molecular flexibility index (Phi) is 3.21. The Morgan fingerprint density at radius 2 is 2.13 bits per heavy atom. The van der Waals surface area contributed by atoms with Gasteiger partial charge in [0.2, 0.25) is 0 Å². The Hall–Kier alpha value is -1.09. The van der Waals surface area contributed by atoms with Gasteiger partial charge in [0, 0.05) is 18.8 Å². The van der Waals surface area contributed by atoms with Crippen molar-refractivity contribution in [3.8, 4) is 0 Å². The molecule has 1 atom stereocenters. The molecule has 80 valence electrons. The fraction of sp³-hybridized carbons (Fsp3) is 0.417. The molecule has 1 aromatic rings. The van der Waals surface area contributed by atoms with Gasteiger partial charge in [0.25, 0.3) is 0 Å². The van der Waals surface area contributed by atoms with Gasteiger partial charge in [-0.2, -0.15) is 0 Å². The highest BCUT2D eigenvalue weighted by atomic mass is 32.1. The topological polar surface area (TPSA) is 15.3 Å². The Morgan fingerprint density at radius 3 is 2.73 bits per heavy atom. The van der Waals surface area contributed by atoms with Gasteiger partial charge in [-0.15, -0.1) is 0 Å². The third-order valence-corrected chi connectivity index (χ3v) is 3.10. The fourth-order valence-electron chi connectivity index (χ4n) is 1.84. The van der Waals surface area contributed by atoms with Crippen LogP contribution in [0.5, 0.6) is 0 Å². The Balaban J connectivity index is 1.93. The van der Waals surface area contributed by atoms with E-state index in [-0.39, 0.29) is 0 Å². The van der Waals surface area contributed by atoms with Crippen molar-refractivity contribution in [3.05, 3.63) is 30.3 Å². The molecule has 1 aliphatic heterocycles. The third-order valence-electron chi connectivity index (χ3n) is 2.74. The minimum atomic E-state index is 0.764. The van der Waals surface area contributed by atoms with Gasteiger partial charge in [0.05, 0.1) is 0 Å². The Morgan fingerprint density at radius 1 is 1.40 bits per heavy atom. The zero-order chi connectivity index (χ0) is 10.7. The van der Waals surface area contributed by atoms with Gasteiger partial charge in [-0.05, 0) is 36.7 Å². The Bertz CT molecular complexity index is 337. The lowest BCUT2D eigenvalue weighted by Crippen LogP contribution is -2.32. The predicted octanol–water partition coefficient (Wildman–Crippen LogP) is 2.73. The van der Waals surface area contributed by atoms with Gasteiger partial charge in [0.1, 0.15) is 0 Å². The molecule has 0 aromatic heterocycles. The average molecular weight is 220 g/mol. The van der Waals surface area contributed by atoms with Gasteiger partial charge < -0.3 is 10.2 Å². The molecule has 3 heteroatoms. The van der Waals surface area contributed by atoms with Gasteiger partial charge in [-0.25, -0.2) is 0 Å². The summed E-state index contributed by atoms with van der Waals surface area (Å²) < 4.78 is 0. The van der Waals surface area contributed by atoms with E-state index in [2.05, 4.69) is 17.1 Å². The molecule has 15 heavy (non-hydrogen) atoms. The molecule has 1 N–H and O–H groups in total. The summed E-state index contributed by atoms with van der Waals surface area (Å²) in [4.78, 5) is 2.24. The van der Waals surface area contributed by atoms with Crippen LogP contribution in [0.1, 0.15) is 13.3 Å². The van der Waals surface area contributed by atoms with Crippen molar-refractivity contribution in [1.29, 1.82) is 0 Å². The molecule has 2 nitrogen and oxygen atoms in total. The van der Waals surface area contributed by atoms with E-state index < -0.39 is 0 Å². The maximum atomic E-state index is 5.36. The summed E-state index contributed by atoms with van der Waals surface area (Å²) in [5.74, 6) is 0.764. The van der Waals surface area contributed by atoms with Crippen molar-refractivity contribution >= 4 is 23.0 Å². The highest BCUT2D eigenvalue weighted by Crippen LogP contribution is 2.16.